The van der Waals surface area contributed by atoms with E-state index < -0.39 is 0 Å². The molecule has 2 unspecified atom stereocenters. The number of nitrogens with one attached hydrogen (secondary N) is 1. The molecule has 0 radical (unpaired) electrons. The Balaban J connectivity index is 1.46. The molecule has 0 spiro atoms. The normalized spacial score (nSPS) is 27.0. The van der Waals surface area contributed by atoms with Crippen molar-refractivity contribution in [1.82, 2.24) is 5.32 Å². The lowest BCUT2D eigenvalue weighted by Gasteiger charge is -2.20. The third-order valence-electron chi connectivity index (χ3n) is 5.24. The largest absolute Gasteiger partial charge is 0.314 e. The van der Waals surface area contributed by atoms with Crippen LogP contribution in [0, 0.1) is 11.8 Å². The first-order valence-electron chi connectivity index (χ1n) is 9.13. The van der Waals surface area contributed by atoms with Gasteiger partial charge in [-0.05, 0) is 37.6 Å². The number of unbranched alkanes of at least 4 members (excludes halogenated alkanes) is 6. The first-order valence-corrected chi connectivity index (χ1v) is 9.13. The minimum Gasteiger partial charge on any atom is -0.314 e. The summed E-state index contributed by atoms with van der Waals surface area (Å²) in [5.74, 6) is 2.07. The predicted molar refractivity (Wildman–Crippen MR) is 84.5 cm³/mol. The first kappa shape index (κ1) is 15.4. The molecule has 2 atom stereocenters. The number of hydrogen-bond acceptors (Lipinski definition) is 1. The first-order chi connectivity index (χ1) is 9.40. The summed E-state index contributed by atoms with van der Waals surface area (Å²) in [6.45, 7) is 3.63. The van der Waals surface area contributed by atoms with Crippen molar-refractivity contribution in [3.63, 3.8) is 0 Å². The van der Waals surface area contributed by atoms with Crippen LogP contribution in [0.25, 0.3) is 0 Å². The van der Waals surface area contributed by atoms with E-state index in [0.29, 0.717) is 0 Å². The molecule has 2 fully saturated rings. The van der Waals surface area contributed by atoms with Crippen LogP contribution in [0.4, 0.5) is 0 Å². The molecule has 0 saturated heterocycles. The summed E-state index contributed by atoms with van der Waals surface area (Å²) in [5.41, 5.74) is 0. The average Bonchev–Trinajstić information content (AvgIpc) is 3.15. The summed E-state index contributed by atoms with van der Waals surface area (Å²) in [6, 6.07) is 0.903. The van der Waals surface area contributed by atoms with Gasteiger partial charge in [0.15, 0.2) is 0 Å². The van der Waals surface area contributed by atoms with Crippen molar-refractivity contribution in [1.29, 1.82) is 0 Å². The van der Waals surface area contributed by atoms with Crippen LogP contribution in [-0.2, 0) is 0 Å². The summed E-state index contributed by atoms with van der Waals surface area (Å²) in [7, 11) is 0. The van der Waals surface area contributed by atoms with E-state index in [9.17, 15) is 0 Å². The number of rotatable bonds is 11. The van der Waals surface area contributed by atoms with Gasteiger partial charge >= 0.3 is 0 Å². The minimum atomic E-state index is 0.903. The van der Waals surface area contributed by atoms with Crippen LogP contribution >= 0.6 is 0 Å². The second-order valence-electron chi connectivity index (χ2n) is 7.04. The van der Waals surface area contributed by atoms with Gasteiger partial charge < -0.3 is 5.32 Å². The molecule has 1 N–H and O–H groups in total. The van der Waals surface area contributed by atoms with Gasteiger partial charge in [0.2, 0.25) is 0 Å². The third kappa shape index (κ3) is 6.29. The van der Waals surface area contributed by atoms with Crippen molar-refractivity contribution in [2.45, 2.75) is 96.4 Å². The monoisotopic (exact) mass is 265 g/mol. The van der Waals surface area contributed by atoms with Crippen LogP contribution in [-0.4, -0.2) is 12.6 Å². The van der Waals surface area contributed by atoms with Gasteiger partial charge in [-0.3, -0.25) is 0 Å². The Hall–Kier alpha value is -0.0400. The average molecular weight is 265 g/mol. The van der Waals surface area contributed by atoms with Crippen LogP contribution in [0.15, 0.2) is 0 Å². The molecular formula is C18H35N. The topological polar surface area (TPSA) is 12.0 Å². The maximum Gasteiger partial charge on any atom is 0.00683 e. The highest BCUT2D eigenvalue weighted by atomic mass is 14.9. The third-order valence-corrected chi connectivity index (χ3v) is 5.24. The molecule has 2 aliphatic carbocycles. The summed E-state index contributed by atoms with van der Waals surface area (Å²) in [5, 5.41) is 3.75. The SMILES string of the molecule is CCCCCCCCCC1CCCC1CNC1CC1. The second-order valence-corrected chi connectivity index (χ2v) is 7.04. The lowest BCUT2D eigenvalue weighted by atomic mass is 9.90. The van der Waals surface area contributed by atoms with Gasteiger partial charge in [0.05, 0.1) is 0 Å². The maximum absolute atomic E-state index is 3.75. The van der Waals surface area contributed by atoms with E-state index in [1.807, 2.05) is 0 Å². The maximum atomic E-state index is 3.75. The molecule has 0 aliphatic heterocycles. The molecule has 1 nitrogen and oxygen atoms in total. The van der Waals surface area contributed by atoms with E-state index in [1.165, 1.54) is 90.0 Å². The molecule has 19 heavy (non-hydrogen) atoms. The molecular weight excluding hydrogens is 230 g/mol. The molecule has 112 valence electrons. The highest BCUT2D eigenvalue weighted by Gasteiger charge is 2.28. The second kappa shape index (κ2) is 9.00. The summed E-state index contributed by atoms with van der Waals surface area (Å²) < 4.78 is 0. The smallest absolute Gasteiger partial charge is 0.00683 e. The fourth-order valence-electron chi connectivity index (χ4n) is 3.73. The summed E-state index contributed by atoms with van der Waals surface area (Å²) in [4.78, 5) is 0. The molecule has 0 aromatic heterocycles. The zero-order chi connectivity index (χ0) is 13.3. The Morgan fingerprint density at radius 1 is 0.789 bits per heavy atom. The zero-order valence-electron chi connectivity index (χ0n) is 13.1. The van der Waals surface area contributed by atoms with Gasteiger partial charge in [0.1, 0.15) is 0 Å². The van der Waals surface area contributed by atoms with E-state index >= 15 is 0 Å². The van der Waals surface area contributed by atoms with Crippen molar-refractivity contribution < 1.29 is 0 Å². The van der Waals surface area contributed by atoms with Gasteiger partial charge in [-0.2, -0.15) is 0 Å². The molecule has 0 amide bonds. The Morgan fingerprint density at radius 2 is 1.47 bits per heavy atom. The van der Waals surface area contributed by atoms with E-state index in [4.69, 9.17) is 0 Å². The van der Waals surface area contributed by atoms with Crippen LogP contribution < -0.4 is 5.32 Å². The van der Waals surface area contributed by atoms with E-state index in [2.05, 4.69) is 12.2 Å². The van der Waals surface area contributed by atoms with Crippen LogP contribution in [0.1, 0.15) is 90.4 Å². The highest BCUT2D eigenvalue weighted by molar-refractivity contribution is 4.85. The van der Waals surface area contributed by atoms with Gasteiger partial charge in [0.25, 0.3) is 0 Å². The van der Waals surface area contributed by atoms with Crippen molar-refractivity contribution >= 4 is 0 Å². The fraction of sp³-hybridized carbons (Fsp3) is 1.00. The minimum absolute atomic E-state index is 0.903. The summed E-state index contributed by atoms with van der Waals surface area (Å²) >= 11 is 0. The Kier molecular flexibility index (Phi) is 7.27. The zero-order valence-corrected chi connectivity index (χ0v) is 13.1. The molecule has 0 heterocycles. The highest BCUT2D eigenvalue weighted by Crippen LogP contribution is 2.35. The Labute approximate surface area is 120 Å². The van der Waals surface area contributed by atoms with Crippen molar-refractivity contribution in [3.8, 4) is 0 Å². The fourth-order valence-corrected chi connectivity index (χ4v) is 3.73. The van der Waals surface area contributed by atoms with Crippen molar-refractivity contribution in [2.24, 2.45) is 11.8 Å². The van der Waals surface area contributed by atoms with Gasteiger partial charge in [-0.25, -0.2) is 0 Å². The van der Waals surface area contributed by atoms with Crippen molar-refractivity contribution in [2.75, 3.05) is 6.54 Å². The molecule has 0 aromatic rings. The van der Waals surface area contributed by atoms with Crippen molar-refractivity contribution in [3.05, 3.63) is 0 Å². The lowest BCUT2D eigenvalue weighted by molar-refractivity contribution is 0.335. The van der Waals surface area contributed by atoms with E-state index in [-0.39, 0.29) is 0 Å². The van der Waals surface area contributed by atoms with Gasteiger partial charge in [-0.15, -0.1) is 0 Å². The Morgan fingerprint density at radius 3 is 2.21 bits per heavy atom. The molecule has 2 aliphatic rings. The standard InChI is InChI=1S/C18H35N/c1-2-3-4-5-6-7-8-10-16-11-9-12-17(16)15-19-18-13-14-18/h16-19H,2-15H2,1H3. The molecule has 1 heteroatoms. The number of hydrogen-bond donors (Lipinski definition) is 1. The molecule has 0 bridgehead atoms. The van der Waals surface area contributed by atoms with Crippen LogP contribution in [0.2, 0.25) is 0 Å². The van der Waals surface area contributed by atoms with Crippen LogP contribution in [0.5, 0.6) is 0 Å². The van der Waals surface area contributed by atoms with E-state index in [0.717, 1.165) is 17.9 Å². The molecule has 0 aromatic carbocycles. The lowest BCUT2D eigenvalue weighted by Crippen LogP contribution is -2.26. The Bertz CT molecular complexity index is 222. The van der Waals surface area contributed by atoms with Gasteiger partial charge in [-0.1, -0.05) is 71.1 Å². The molecule has 2 saturated carbocycles. The quantitative estimate of drug-likeness (QED) is 0.500. The van der Waals surface area contributed by atoms with E-state index in [1.54, 1.807) is 0 Å². The predicted octanol–water partition coefficient (Wildman–Crippen LogP) is 5.30. The summed E-state index contributed by atoms with van der Waals surface area (Å²) in [6.07, 6.45) is 19.1. The van der Waals surface area contributed by atoms with Crippen LogP contribution in [0.3, 0.4) is 0 Å². The van der Waals surface area contributed by atoms with Gasteiger partial charge in [0, 0.05) is 6.04 Å². The molecule has 2 rings (SSSR count).